The molecule has 1 fully saturated rings. The van der Waals surface area contributed by atoms with E-state index in [4.69, 9.17) is 5.73 Å². The maximum Gasteiger partial charge on any atom is 0.246 e. The van der Waals surface area contributed by atoms with Gasteiger partial charge in [-0.05, 0) is 31.2 Å². The molecule has 0 radical (unpaired) electrons. The van der Waals surface area contributed by atoms with Gasteiger partial charge in [-0.3, -0.25) is 19.9 Å². The van der Waals surface area contributed by atoms with Gasteiger partial charge in [0.1, 0.15) is 0 Å². The molecule has 6 heteroatoms. The van der Waals surface area contributed by atoms with Gasteiger partial charge in [0.25, 0.3) is 0 Å². The van der Waals surface area contributed by atoms with Gasteiger partial charge in [-0.15, -0.1) is 0 Å². The number of benzene rings is 1. The van der Waals surface area contributed by atoms with E-state index < -0.39 is 0 Å². The third-order valence-electron chi connectivity index (χ3n) is 3.23. The van der Waals surface area contributed by atoms with Crippen molar-refractivity contribution in [3.63, 3.8) is 0 Å². The number of carbonyl (C=O) groups excluding carboxylic acids is 2. The Balaban J connectivity index is 2.16. The number of fused-ring (bicyclic) bond motifs is 1. The summed E-state index contributed by atoms with van der Waals surface area (Å²) in [5.74, 6) is -0.597. The van der Waals surface area contributed by atoms with Crippen LogP contribution in [-0.2, 0) is 9.59 Å². The third-order valence-corrected chi connectivity index (χ3v) is 3.23. The number of imide groups is 1. The molecule has 3 N–H and O–H groups in total. The molecule has 0 bridgehead atoms. The monoisotopic (exact) mass is 270 g/mol. The molecule has 6 nitrogen and oxygen atoms in total. The zero-order valence-corrected chi connectivity index (χ0v) is 11.0. The number of hydrogen-bond donors (Lipinski definition) is 2. The van der Waals surface area contributed by atoms with Crippen molar-refractivity contribution >= 4 is 34.1 Å². The first-order valence-electron chi connectivity index (χ1n) is 6.27. The van der Waals surface area contributed by atoms with Crippen LogP contribution in [0.2, 0.25) is 0 Å². The summed E-state index contributed by atoms with van der Waals surface area (Å²) < 4.78 is 0. The van der Waals surface area contributed by atoms with Gasteiger partial charge >= 0.3 is 0 Å². The number of hydrogen-bond acceptors (Lipinski definition) is 5. The highest BCUT2D eigenvalue weighted by Gasteiger charge is 2.24. The van der Waals surface area contributed by atoms with Gasteiger partial charge in [0.2, 0.25) is 11.8 Å². The summed E-state index contributed by atoms with van der Waals surface area (Å²) in [7, 11) is 0. The molecule has 20 heavy (non-hydrogen) atoms. The number of amides is 2. The standard InChI is InChI=1S/C14H14N4O2/c1-8-4-12(18-6-13(19)17-14(20)7-18)10-5-9(15)2-3-11(10)16-8/h2-5H,6-7,15H2,1H3,(H,17,19,20). The van der Waals surface area contributed by atoms with E-state index in [2.05, 4.69) is 10.3 Å². The summed E-state index contributed by atoms with van der Waals surface area (Å²) in [6.45, 7) is 2.18. The number of nitrogens with zero attached hydrogens (tertiary/aromatic N) is 2. The van der Waals surface area contributed by atoms with Crippen molar-refractivity contribution < 1.29 is 9.59 Å². The third kappa shape index (κ3) is 2.16. The number of anilines is 2. The van der Waals surface area contributed by atoms with Crippen LogP contribution >= 0.6 is 0 Å². The van der Waals surface area contributed by atoms with Gasteiger partial charge in [-0.25, -0.2) is 0 Å². The Kier molecular flexibility index (Phi) is 2.78. The van der Waals surface area contributed by atoms with E-state index in [1.807, 2.05) is 25.1 Å². The van der Waals surface area contributed by atoms with Crippen LogP contribution in [0.5, 0.6) is 0 Å². The Morgan fingerprint density at radius 3 is 2.60 bits per heavy atom. The fourth-order valence-corrected chi connectivity index (χ4v) is 2.42. The van der Waals surface area contributed by atoms with E-state index in [1.165, 1.54) is 0 Å². The highest BCUT2D eigenvalue weighted by molar-refractivity contribution is 6.05. The summed E-state index contributed by atoms with van der Waals surface area (Å²) >= 11 is 0. The molecule has 0 atom stereocenters. The molecule has 0 aliphatic carbocycles. The molecule has 1 aromatic carbocycles. The van der Waals surface area contributed by atoms with Gasteiger partial charge in [0.05, 0.1) is 18.6 Å². The molecule has 1 aliphatic rings. The van der Waals surface area contributed by atoms with Crippen molar-refractivity contribution in [1.29, 1.82) is 0 Å². The van der Waals surface area contributed by atoms with Gasteiger partial charge in [0.15, 0.2) is 0 Å². The molecule has 2 heterocycles. The zero-order valence-electron chi connectivity index (χ0n) is 11.0. The Bertz CT molecular complexity index is 710. The predicted octanol–water partition coefficient (Wildman–Crippen LogP) is 0.588. The second-order valence-corrected chi connectivity index (χ2v) is 4.89. The number of aromatic nitrogens is 1. The maximum atomic E-state index is 11.5. The minimum absolute atomic E-state index is 0.152. The van der Waals surface area contributed by atoms with Crippen LogP contribution in [0, 0.1) is 6.92 Å². The number of carbonyl (C=O) groups is 2. The van der Waals surface area contributed by atoms with Crippen molar-refractivity contribution in [3.05, 3.63) is 30.0 Å². The minimum Gasteiger partial charge on any atom is -0.399 e. The molecule has 1 saturated heterocycles. The first kappa shape index (κ1) is 12.4. The van der Waals surface area contributed by atoms with Crippen LogP contribution < -0.4 is 16.0 Å². The number of nitrogen functional groups attached to an aromatic ring is 1. The summed E-state index contributed by atoms with van der Waals surface area (Å²) in [4.78, 5) is 29.3. The SMILES string of the molecule is Cc1cc(N2CC(=O)NC(=O)C2)c2cc(N)ccc2n1. The fourth-order valence-electron chi connectivity index (χ4n) is 2.42. The molecular formula is C14H14N4O2. The number of nitrogens with two attached hydrogens (primary N) is 1. The fraction of sp³-hybridized carbons (Fsp3) is 0.214. The Morgan fingerprint density at radius 2 is 1.90 bits per heavy atom. The highest BCUT2D eigenvalue weighted by Crippen LogP contribution is 2.28. The van der Waals surface area contributed by atoms with Crippen LogP contribution in [0.3, 0.4) is 0 Å². The molecule has 2 aromatic rings. The molecular weight excluding hydrogens is 256 g/mol. The number of piperazine rings is 1. The van der Waals surface area contributed by atoms with E-state index in [-0.39, 0.29) is 24.9 Å². The number of nitrogens with one attached hydrogen (secondary N) is 1. The Labute approximate surface area is 115 Å². The van der Waals surface area contributed by atoms with Gasteiger partial charge in [-0.2, -0.15) is 0 Å². The summed E-state index contributed by atoms with van der Waals surface area (Å²) in [5, 5.41) is 3.14. The van der Waals surface area contributed by atoms with E-state index in [1.54, 1.807) is 11.0 Å². The molecule has 0 saturated carbocycles. The second kappa shape index (κ2) is 4.48. The van der Waals surface area contributed by atoms with Crippen LogP contribution in [0.1, 0.15) is 5.69 Å². The quantitative estimate of drug-likeness (QED) is 0.585. The Morgan fingerprint density at radius 1 is 1.20 bits per heavy atom. The molecule has 102 valence electrons. The van der Waals surface area contributed by atoms with Crippen LogP contribution in [-0.4, -0.2) is 29.9 Å². The zero-order chi connectivity index (χ0) is 14.3. The summed E-state index contributed by atoms with van der Waals surface area (Å²) in [6.07, 6.45) is 0. The van der Waals surface area contributed by atoms with Gasteiger partial charge in [0, 0.05) is 22.5 Å². The molecule has 0 unspecified atom stereocenters. The molecule has 0 spiro atoms. The molecule has 1 aliphatic heterocycles. The number of aryl methyl sites for hydroxylation is 1. The van der Waals surface area contributed by atoms with E-state index in [9.17, 15) is 9.59 Å². The average molecular weight is 270 g/mol. The topological polar surface area (TPSA) is 88.3 Å². The lowest BCUT2D eigenvalue weighted by molar-refractivity contribution is -0.130. The lowest BCUT2D eigenvalue weighted by Gasteiger charge is -2.28. The first-order chi connectivity index (χ1) is 9.52. The van der Waals surface area contributed by atoms with Crippen molar-refractivity contribution in [2.24, 2.45) is 0 Å². The molecule has 3 rings (SSSR count). The minimum atomic E-state index is -0.298. The molecule has 2 amide bonds. The number of pyridine rings is 1. The van der Waals surface area contributed by atoms with Crippen LogP contribution in [0.15, 0.2) is 24.3 Å². The predicted molar refractivity (Wildman–Crippen MR) is 76.3 cm³/mol. The lowest BCUT2D eigenvalue weighted by Crippen LogP contribution is -2.51. The normalized spacial score (nSPS) is 15.6. The Hall–Kier alpha value is -2.63. The van der Waals surface area contributed by atoms with E-state index in [0.717, 1.165) is 22.3 Å². The van der Waals surface area contributed by atoms with Crippen molar-refractivity contribution in [2.45, 2.75) is 6.92 Å². The lowest BCUT2D eigenvalue weighted by atomic mass is 10.1. The van der Waals surface area contributed by atoms with Crippen molar-refractivity contribution in [2.75, 3.05) is 23.7 Å². The smallest absolute Gasteiger partial charge is 0.246 e. The van der Waals surface area contributed by atoms with E-state index >= 15 is 0 Å². The van der Waals surface area contributed by atoms with Crippen molar-refractivity contribution in [3.8, 4) is 0 Å². The van der Waals surface area contributed by atoms with Gasteiger partial charge < -0.3 is 10.6 Å². The maximum absolute atomic E-state index is 11.5. The van der Waals surface area contributed by atoms with Gasteiger partial charge in [-0.1, -0.05) is 0 Å². The largest absolute Gasteiger partial charge is 0.399 e. The summed E-state index contributed by atoms with van der Waals surface area (Å²) in [5.41, 5.74) is 8.88. The highest BCUT2D eigenvalue weighted by atomic mass is 16.2. The van der Waals surface area contributed by atoms with Crippen LogP contribution in [0.25, 0.3) is 10.9 Å². The summed E-state index contributed by atoms with van der Waals surface area (Å²) in [6, 6.07) is 7.31. The molecule has 1 aromatic heterocycles. The average Bonchev–Trinajstić information content (AvgIpc) is 2.37. The van der Waals surface area contributed by atoms with Crippen molar-refractivity contribution in [1.82, 2.24) is 10.3 Å². The first-order valence-corrected chi connectivity index (χ1v) is 6.27. The number of rotatable bonds is 1. The van der Waals surface area contributed by atoms with Crippen LogP contribution in [0.4, 0.5) is 11.4 Å². The second-order valence-electron chi connectivity index (χ2n) is 4.89. The van der Waals surface area contributed by atoms with E-state index in [0.29, 0.717) is 5.69 Å².